The third kappa shape index (κ3) is 2.17. The molecule has 0 aliphatic rings. The molecular weight excluding hydrogens is 233 g/mol. The quantitative estimate of drug-likeness (QED) is 0.485. The number of hydrogen-bond donors (Lipinski definition) is 2. The summed E-state index contributed by atoms with van der Waals surface area (Å²) in [6, 6.07) is 5.82. The number of aromatic nitrogens is 1. The Bertz CT molecular complexity index is 610. The first-order valence-electron chi connectivity index (χ1n) is 5.64. The minimum Gasteiger partial charge on any atom is -0.290 e. The molecule has 1 aromatic heterocycles. The van der Waals surface area contributed by atoms with Crippen LogP contribution in [-0.2, 0) is 0 Å². The monoisotopic (exact) mass is 247 g/mol. The molecule has 0 fully saturated rings. The summed E-state index contributed by atoms with van der Waals surface area (Å²) >= 11 is 0. The Morgan fingerprint density at radius 2 is 2.11 bits per heavy atom. The molecule has 1 amide bonds. The standard InChI is InChI=1S/C13H14FN3O/c1-7(2)12-6-10(13(18)17-15)9-5-8(14)3-4-11(9)16-12/h3-7H,15H2,1-2H3,(H,17,18). The van der Waals surface area contributed by atoms with E-state index in [0.717, 1.165) is 5.69 Å². The molecular formula is C13H14FN3O. The molecule has 2 aromatic rings. The van der Waals surface area contributed by atoms with Crippen LogP contribution in [0.3, 0.4) is 0 Å². The molecule has 4 nitrogen and oxygen atoms in total. The number of carbonyl (C=O) groups is 1. The number of nitrogens with one attached hydrogen (secondary N) is 1. The summed E-state index contributed by atoms with van der Waals surface area (Å²) in [6.45, 7) is 3.95. The topological polar surface area (TPSA) is 68.0 Å². The Kier molecular flexibility index (Phi) is 3.25. The average Bonchev–Trinajstić information content (AvgIpc) is 2.36. The molecule has 2 rings (SSSR count). The molecule has 94 valence electrons. The molecule has 5 heteroatoms. The van der Waals surface area contributed by atoms with E-state index in [-0.39, 0.29) is 5.92 Å². The number of benzene rings is 1. The molecule has 18 heavy (non-hydrogen) atoms. The third-order valence-corrected chi connectivity index (χ3v) is 2.76. The third-order valence-electron chi connectivity index (χ3n) is 2.76. The van der Waals surface area contributed by atoms with Gasteiger partial charge in [0.25, 0.3) is 5.91 Å². The van der Waals surface area contributed by atoms with Crippen LogP contribution in [0.25, 0.3) is 10.9 Å². The average molecular weight is 247 g/mol. The first-order valence-corrected chi connectivity index (χ1v) is 5.64. The van der Waals surface area contributed by atoms with E-state index in [1.54, 1.807) is 12.1 Å². The fourth-order valence-corrected chi connectivity index (χ4v) is 1.78. The minimum atomic E-state index is -0.449. The normalized spacial score (nSPS) is 10.9. The van der Waals surface area contributed by atoms with Crippen molar-refractivity contribution in [3.8, 4) is 0 Å². The van der Waals surface area contributed by atoms with E-state index in [1.807, 2.05) is 13.8 Å². The molecule has 0 atom stereocenters. The Balaban J connectivity index is 2.77. The summed E-state index contributed by atoms with van der Waals surface area (Å²) in [5.74, 6) is 4.46. The van der Waals surface area contributed by atoms with E-state index in [1.165, 1.54) is 12.1 Å². The van der Waals surface area contributed by atoms with E-state index < -0.39 is 11.7 Å². The number of hydrazine groups is 1. The van der Waals surface area contributed by atoms with Crippen LogP contribution in [0.1, 0.15) is 35.8 Å². The number of nitrogens with zero attached hydrogens (tertiary/aromatic N) is 1. The van der Waals surface area contributed by atoms with Crippen LogP contribution in [-0.4, -0.2) is 10.9 Å². The zero-order valence-electron chi connectivity index (χ0n) is 10.2. The van der Waals surface area contributed by atoms with Crippen LogP contribution in [0.2, 0.25) is 0 Å². The predicted octanol–water partition coefficient (Wildman–Crippen LogP) is 2.10. The first kappa shape index (κ1) is 12.4. The van der Waals surface area contributed by atoms with Gasteiger partial charge in [-0.05, 0) is 30.2 Å². The lowest BCUT2D eigenvalue weighted by molar-refractivity contribution is 0.0955. The van der Waals surface area contributed by atoms with Crippen molar-refractivity contribution in [2.24, 2.45) is 5.84 Å². The summed E-state index contributed by atoms with van der Waals surface area (Å²) in [5, 5.41) is 0.461. The molecule has 1 heterocycles. The van der Waals surface area contributed by atoms with E-state index in [4.69, 9.17) is 5.84 Å². The van der Waals surface area contributed by atoms with Gasteiger partial charge < -0.3 is 0 Å². The van der Waals surface area contributed by atoms with Gasteiger partial charge in [-0.25, -0.2) is 10.2 Å². The second kappa shape index (κ2) is 4.70. The number of carbonyl (C=O) groups excluding carboxylic acids is 1. The molecule has 0 bridgehead atoms. The number of nitrogen functional groups attached to an aromatic ring is 1. The smallest absolute Gasteiger partial charge is 0.265 e. The molecule has 0 radical (unpaired) electrons. The maximum atomic E-state index is 13.3. The van der Waals surface area contributed by atoms with Crippen LogP contribution in [0.5, 0.6) is 0 Å². The molecule has 0 unspecified atom stereocenters. The minimum absolute atomic E-state index is 0.170. The van der Waals surface area contributed by atoms with Crippen molar-refractivity contribution in [2.75, 3.05) is 0 Å². The van der Waals surface area contributed by atoms with Crippen molar-refractivity contribution < 1.29 is 9.18 Å². The van der Waals surface area contributed by atoms with Crippen LogP contribution < -0.4 is 11.3 Å². The summed E-state index contributed by atoms with van der Waals surface area (Å²) in [4.78, 5) is 16.1. The summed E-state index contributed by atoms with van der Waals surface area (Å²) in [7, 11) is 0. The number of fused-ring (bicyclic) bond motifs is 1. The zero-order valence-corrected chi connectivity index (χ0v) is 10.2. The van der Waals surface area contributed by atoms with Crippen molar-refractivity contribution in [3.63, 3.8) is 0 Å². The first-order chi connectivity index (χ1) is 8.52. The summed E-state index contributed by atoms with van der Waals surface area (Å²) < 4.78 is 13.3. The summed E-state index contributed by atoms with van der Waals surface area (Å²) in [5.41, 5.74) is 3.76. The Labute approximate surface area is 104 Å². The number of pyridine rings is 1. The predicted molar refractivity (Wildman–Crippen MR) is 67.4 cm³/mol. The number of halogens is 1. The Hall–Kier alpha value is -2.01. The summed E-state index contributed by atoms with van der Waals surface area (Å²) in [6.07, 6.45) is 0. The molecule has 0 spiro atoms. The van der Waals surface area contributed by atoms with Gasteiger partial charge in [-0.2, -0.15) is 0 Å². The van der Waals surface area contributed by atoms with Gasteiger partial charge in [0.15, 0.2) is 0 Å². The number of nitrogens with two attached hydrogens (primary N) is 1. The SMILES string of the molecule is CC(C)c1cc(C(=O)NN)c2cc(F)ccc2n1. The maximum absolute atomic E-state index is 13.3. The van der Waals surface area contributed by atoms with E-state index in [2.05, 4.69) is 10.4 Å². The molecule has 0 saturated heterocycles. The van der Waals surface area contributed by atoms with E-state index in [0.29, 0.717) is 16.5 Å². The molecule has 0 aliphatic heterocycles. The van der Waals surface area contributed by atoms with Crippen LogP contribution in [0, 0.1) is 5.82 Å². The molecule has 1 aromatic carbocycles. The molecule has 3 N–H and O–H groups in total. The number of rotatable bonds is 2. The maximum Gasteiger partial charge on any atom is 0.265 e. The van der Waals surface area contributed by atoms with Crippen LogP contribution >= 0.6 is 0 Å². The van der Waals surface area contributed by atoms with Gasteiger partial charge in [-0.15, -0.1) is 0 Å². The van der Waals surface area contributed by atoms with Crippen LogP contribution in [0.4, 0.5) is 4.39 Å². The number of hydrogen-bond acceptors (Lipinski definition) is 3. The molecule has 0 saturated carbocycles. The highest BCUT2D eigenvalue weighted by Crippen LogP contribution is 2.23. The Morgan fingerprint density at radius 1 is 1.39 bits per heavy atom. The van der Waals surface area contributed by atoms with Gasteiger partial charge in [0, 0.05) is 11.1 Å². The fourth-order valence-electron chi connectivity index (χ4n) is 1.78. The Morgan fingerprint density at radius 3 is 2.72 bits per heavy atom. The van der Waals surface area contributed by atoms with Crippen molar-refractivity contribution in [2.45, 2.75) is 19.8 Å². The van der Waals surface area contributed by atoms with E-state index >= 15 is 0 Å². The second-order valence-corrected chi connectivity index (χ2v) is 4.38. The van der Waals surface area contributed by atoms with Gasteiger partial charge in [0.1, 0.15) is 5.82 Å². The lowest BCUT2D eigenvalue weighted by Crippen LogP contribution is -2.30. The number of amides is 1. The van der Waals surface area contributed by atoms with Gasteiger partial charge in [-0.1, -0.05) is 13.8 Å². The largest absolute Gasteiger partial charge is 0.290 e. The van der Waals surface area contributed by atoms with E-state index in [9.17, 15) is 9.18 Å². The van der Waals surface area contributed by atoms with Gasteiger partial charge in [-0.3, -0.25) is 15.2 Å². The van der Waals surface area contributed by atoms with Crippen molar-refractivity contribution in [1.29, 1.82) is 0 Å². The second-order valence-electron chi connectivity index (χ2n) is 4.38. The van der Waals surface area contributed by atoms with Gasteiger partial charge in [0.05, 0.1) is 11.1 Å². The lowest BCUT2D eigenvalue weighted by atomic mass is 10.0. The fraction of sp³-hybridized carbons (Fsp3) is 0.231. The van der Waals surface area contributed by atoms with Crippen LogP contribution in [0.15, 0.2) is 24.3 Å². The van der Waals surface area contributed by atoms with Crippen molar-refractivity contribution >= 4 is 16.8 Å². The highest BCUT2D eigenvalue weighted by molar-refractivity contribution is 6.06. The highest BCUT2D eigenvalue weighted by Gasteiger charge is 2.14. The highest BCUT2D eigenvalue weighted by atomic mass is 19.1. The van der Waals surface area contributed by atoms with Gasteiger partial charge >= 0.3 is 0 Å². The van der Waals surface area contributed by atoms with Crippen molar-refractivity contribution in [3.05, 3.63) is 41.3 Å². The lowest BCUT2D eigenvalue weighted by Gasteiger charge is -2.10. The van der Waals surface area contributed by atoms with Crippen molar-refractivity contribution in [1.82, 2.24) is 10.4 Å². The molecule has 0 aliphatic carbocycles. The zero-order chi connectivity index (χ0) is 13.3. The van der Waals surface area contributed by atoms with Gasteiger partial charge in [0.2, 0.25) is 0 Å².